The summed E-state index contributed by atoms with van der Waals surface area (Å²) < 4.78 is 17.2. The smallest absolute Gasteiger partial charge is 0.277 e. The number of rotatable bonds is 10. The summed E-state index contributed by atoms with van der Waals surface area (Å²) >= 11 is 3.45. The standard InChI is InChI=1S/C23H20BrN3O6/c1-31-21-12-17(13-25-26-22(28)15-32-19-5-3-2-4-6-19)11-20(24)23(21)33-14-16-7-9-18(10-8-16)27(29)30/h2-13H,14-15H2,1H3,(H,26,28)/b25-13-. The third-order valence-corrected chi connectivity index (χ3v) is 4.89. The van der Waals surface area contributed by atoms with E-state index in [1.54, 1.807) is 36.4 Å². The number of nitrogens with zero attached hydrogens (tertiary/aromatic N) is 2. The summed E-state index contributed by atoms with van der Waals surface area (Å²) in [5.74, 6) is 1.11. The van der Waals surface area contributed by atoms with Gasteiger partial charge in [0.05, 0.1) is 22.7 Å². The van der Waals surface area contributed by atoms with Crippen molar-refractivity contribution in [3.05, 3.63) is 92.4 Å². The number of nitro groups is 1. The SMILES string of the molecule is COc1cc(/C=N\NC(=O)COc2ccccc2)cc(Br)c1OCc1ccc([N+](=O)[O-])cc1. The minimum Gasteiger partial charge on any atom is -0.493 e. The lowest BCUT2D eigenvalue weighted by molar-refractivity contribution is -0.384. The quantitative estimate of drug-likeness (QED) is 0.243. The molecule has 10 heteroatoms. The van der Waals surface area contributed by atoms with Crippen molar-refractivity contribution in [2.45, 2.75) is 6.61 Å². The molecule has 1 amide bonds. The molecule has 0 heterocycles. The average molecular weight is 514 g/mol. The van der Waals surface area contributed by atoms with E-state index in [2.05, 4.69) is 26.5 Å². The fourth-order valence-corrected chi connectivity index (χ4v) is 3.27. The summed E-state index contributed by atoms with van der Waals surface area (Å²) in [6.07, 6.45) is 1.47. The molecule has 0 atom stereocenters. The van der Waals surface area contributed by atoms with Crippen LogP contribution >= 0.6 is 15.9 Å². The first-order valence-corrected chi connectivity index (χ1v) is 10.5. The van der Waals surface area contributed by atoms with Gasteiger partial charge < -0.3 is 14.2 Å². The molecule has 0 unspecified atom stereocenters. The molecule has 9 nitrogen and oxygen atoms in total. The van der Waals surface area contributed by atoms with Gasteiger partial charge in [0.25, 0.3) is 11.6 Å². The first-order valence-electron chi connectivity index (χ1n) is 9.69. The number of halogens is 1. The molecular weight excluding hydrogens is 494 g/mol. The fraction of sp³-hybridized carbons (Fsp3) is 0.130. The topological polar surface area (TPSA) is 112 Å². The number of hydrogen-bond donors (Lipinski definition) is 1. The number of nitro benzene ring substituents is 1. The summed E-state index contributed by atoms with van der Waals surface area (Å²) in [6.45, 7) is 0.0294. The summed E-state index contributed by atoms with van der Waals surface area (Å²) in [6, 6.07) is 18.6. The van der Waals surface area contributed by atoms with E-state index in [1.807, 2.05) is 18.2 Å². The highest BCUT2D eigenvalue weighted by Gasteiger charge is 2.12. The molecule has 170 valence electrons. The maximum absolute atomic E-state index is 11.9. The maximum atomic E-state index is 11.9. The van der Waals surface area contributed by atoms with Gasteiger partial charge in [0.15, 0.2) is 18.1 Å². The van der Waals surface area contributed by atoms with Gasteiger partial charge in [-0.2, -0.15) is 5.10 Å². The van der Waals surface area contributed by atoms with Gasteiger partial charge in [0, 0.05) is 12.1 Å². The Kier molecular flexibility index (Phi) is 8.36. The monoisotopic (exact) mass is 513 g/mol. The molecule has 0 radical (unpaired) electrons. The van der Waals surface area contributed by atoms with E-state index in [1.165, 1.54) is 25.5 Å². The van der Waals surface area contributed by atoms with Crippen LogP contribution < -0.4 is 19.6 Å². The molecule has 0 aliphatic rings. The summed E-state index contributed by atoms with van der Waals surface area (Å²) in [7, 11) is 1.50. The van der Waals surface area contributed by atoms with Crippen molar-refractivity contribution < 1.29 is 23.9 Å². The van der Waals surface area contributed by atoms with Gasteiger partial charge in [-0.1, -0.05) is 18.2 Å². The van der Waals surface area contributed by atoms with Crippen molar-refractivity contribution in [3.8, 4) is 17.2 Å². The van der Waals surface area contributed by atoms with Gasteiger partial charge in [-0.25, -0.2) is 5.43 Å². The predicted molar refractivity (Wildman–Crippen MR) is 126 cm³/mol. The van der Waals surface area contributed by atoms with Crippen molar-refractivity contribution in [2.75, 3.05) is 13.7 Å². The molecular formula is C23H20BrN3O6. The fourth-order valence-electron chi connectivity index (χ4n) is 2.70. The summed E-state index contributed by atoms with van der Waals surface area (Å²) in [5.41, 5.74) is 3.84. The highest BCUT2D eigenvalue weighted by Crippen LogP contribution is 2.37. The highest BCUT2D eigenvalue weighted by atomic mass is 79.9. The Balaban J connectivity index is 1.58. The van der Waals surface area contributed by atoms with E-state index in [9.17, 15) is 14.9 Å². The van der Waals surface area contributed by atoms with Crippen molar-refractivity contribution in [2.24, 2.45) is 5.10 Å². The molecule has 0 aliphatic carbocycles. The van der Waals surface area contributed by atoms with Crippen molar-refractivity contribution in [3.63, 3.8) is 0 Å². The van der Waals surface area contributed by atoms with Crippen LogP contribution in [0, 0.1) is 10.1 Å². The lowest BCUT2D eigenvalue weighted by Crippen LogP contribution is -2.24. The molecule has 3 aromatic carbocycles. The van der Waals surface area contributed by atoms with E-state index in [4.69, 9.17) is 14.2 Å². The summed E-state index contributed by atoms with van der Waals surface area (Å²) in [5, 5.41) is 14.7. The number of amides is 1. The number of carbonyl (C=O) groups excluding carboxylic acids is 1. The second-order valence-corrected chi connectivity index (χ2v) is 7.50. The summed E-state index contributed by atoms with van der Waals surface area (Å²) in [4.78, 5) is 22.2. The molecule has 33 heavy (non-hydrogen) atoms. The minimum atomic E-state index is -0.455. The molecule has 0 fully saturated rings. The van der Waals surface area contributed by atoms with Gasteiger partial charge >= 0.3 is 0 Å². The zero-order valence-electron chi connectivity index (χ0n) is 17.6. The van der Waals surface area contributed by atoms with Crippen LogP contribution in [0.15, 0.2) is 76.3 Å². The lowest BCUT2D eigenvalue weighted by Gasteiger charge is -2.13. The van der Waals surface area contributed by atoms with Crippen molar-refractivity contribution in [1.29, 1.82) is 0 Å². The van der Waals surface area contributed by atoms with E-state index < -0.39 is 10.8 Å². The van der Waals surface area contributed by atoms with Crippen LogP contribution in [0.5, 0.6) is 17.2 Å². The number of nitrogens with one attached hydrogen (secondary N) is 1. The zero-order valence-corrected chi connectivity index (χ0v) is 19.2. The van der Waals surface area contributed by atoms with Crippen LogP contribution in [0.4, 0.5) is 5.69 Å². The average Bonchev–Trinajstić information content (AvgIpc) is 2.82. The van der Waals surface area contributed by atoms with Crippen LogP contribution in [-0.4, -0.2) is 30.8 Å². The molecule has 0 aliphatic heterocycles. The number of para-hydroxylation sites is 1. The highest BCUT2D eigenvalue weighted by molar-refractivity contribution is 9.10. The van der Waals surface area contributed by atoms with Gasteiger partial charge in [0.1, 0.15) is 12.4 Å². The Bertz CT molecular complexity index is 1140. The molecule has 0 spiro atoms. The Labute approximate surface area is 198 Å². The lowest BCUT2D eigenvalue weighted by atomic mass is 10.2. The van der Waals surface area contributed by atoms with Gasteiger partial charge in [0.2, 0.25) is 0 Å². The number of hydrazone groups is 1. The molecule has 1 N–H and O–H groups in total. The molecule has 0 saturated carbocycles. The molecule has 0 aromatic heterocycles. The third kappa shape index (κ3) is 7.04. The van der Waals surface area contributed by atoms with E-state index >= 15 is 0 Å². The number of benzene rings is 3. The van der Waals surface area contributed by atoms with Gasteiger partial charge in [-0.15, -0.1) is 0 Å². The van der Waals surface area contributed by atoms with Crippen LogP contribution in [0.2, 0.25) is 0 Å². The predicted octanol–water partition coefficient (Wildman–Crippen LogP) is 4.47. The second-order valence-electron chi connectivity index (χ2n) is 6.64. The molecule has 0 bridgehead atoms. The van der Waals surface area contributed by atoms with Crippen LogP contribution in [0.25, 0.3) is 0 Å². The van der Waals surface area contributed by atoms with E-state index in [-0.39, 0.29) is 18.9 Å². The van der Waals surface area contributed by atoms with E-state index in [0.717, 1.165) is 5.56 Å². The third-order valence-electron chi connectivity index (χ3n) is 4.30. The van der Waals surface area contributed by atoms with Crippen LogP contribution in [-0.2, 0) is 11.4 Å². The van der Waals surface area contributed by atoms with Gasteiger partial charge in [-0.3, -0.25) is 14.9 Å². The Morgan fingerprint density at radius 3 is 2.52 bits per heavy atom. The number of non-ortho nitro benzene ring substituents is 1. The Hall–Kier alpha value is -3.92. The molecule has 3 rings (SSSR count). The zero-order chi connectivity index (χ0) is 23.6. The number of hydrogen-bond acceptors (Lipinski definition) is 7. The van der Waals surface area contributed by atoms with Gasteiger partial charge in [-0.05, 0) is 63.5 Å². The Morgan fingerprint density at radius 2 is 1.85 bits per heavy atom. The normalized spacial score (nSPS) is 10.6. The first kappa shape index (κ1) is 23.7. The van der Waals surface area contributed by atoms with Crippen LogP contribution in [0.3, 0.4) is 0 Å². The largest absolute Gasteiger partial charge is 0.493 e. The van der Waals surface area contributed by atoms with Crippen molar-refractivity contribution in [1.82, 2.24) is 5.43 Å². The van der Waals surface area contributed by atoms with E-state index in [0.29, 0.717) is 27.3 Å². The molecule has 0 saturated heterocycles. The number of carbonyl (C=O) groups is 1. The Morgan fingerprint density at radius 1 is 1.12 bits per heavy atom. The van der Waals surface area contributed by atoms with Crippen molar-refractivity contribution >= 4 is 33.7 Å². The number of ether oxygens (including phenoxy) is 3. The number of methoxy groups -OCH3 is 1. The van der Waals surface area contributed by atoms with Crippen LogP contribution in [0.1, 0.15) is 11.1 Å². The maximum Gasteiger partial charge on any atom is 0.277 e. The second kappa shape index (κ2) is 11.6. The molecule has 3 aromatic rings. The first-order chi connectivity index (χ1) is 16.0. The minimum absolute atomic E-state index is 0.0138.